The highest BCUT2D eigenvalue weighted by molar-refractivity contribution is 5.77. The topological polar surface area (TPSA) is 77.1 Å². The fraction of sp³-hybridized carbons (Fsp3) is 0.357. The van der Waals surface area contributed by atoms with Crippen molar-refractivity contribution in [3.05, 3.63) is 29.8 Å². The van der Waals surface area contributed by atoms with Crippen molar-refractivity contribution >= 4 is 5.91 Å². The molecule has 1 atom stereocenters. The van der Waals surface area contributed by atoms with E-state index in [0.717, 1.165) is 0 Å². The smallest absolute Gasteiger partial charge is 0.260 e. The Kier molecular flexibility index (Phi) is 5.37. The number of nitrogens with zero attached hydrogens (tertiary/aromatic N) is 3. The third-order valence-electron chi connectivity index (χ3n) is 2.55. The van der Waals surface area contributed by atoms with E-state index in [2.05, 4.69) is 6.07 Å². The van der Waals surface area contributed by atoms with Gasteiger partial charge in [0, 0.05) is 13.6 Å². The Bertz CT molecular complexity index is 528. The maximum absolute atomic E-state index is 11.8. The van der Waals surface area contributed by atoms with Gasteiger partial charge in [-0.15, -0.1) is 0 Å². The van der Waals surface area contributed by atoms with Gasteiger partial charge in [-0.1, -0.05) is 12.1 Å². The first-order valence-electron chi connectivity index (χ1n) is 5.84. The number of rotatable bonds is 5. The number of hydrogen-bond acceptors (Lipinski definition) is 4. The van der Waals surface area contributed by atoms with Crippen molar-refractivity contribution in [3.63, 3.8) is 0 Å². The zero-order valence-electron chi connectivity index (χ0n) is 11.0. The predicted octanol–water partition coefficient (Wildman–Crippen LogP) is 1.56. The molecule has 0 saturated heterocycles. The third kappa shape index (κ3) is 4.33. The van der Waals surface area contributed by atoms with Crippen molar-refractivity contribution in [2.75, 3.05) is 20.2 Å². The summed E-state index contributed by atoms with van der Waals surface area (Å²) >= 11 is 0. The largest absolute Gasteiger partial charge is 0.482 e. The molecule has 0 aliphatic heterocycles. The predicted molar refractivity (Wildman–Crippen MR) is 69.1 cm³/mol. The summed E-state index contributed by atoms with van der Waals surface area (Å²) in [6, 6.07) is 10.8. The molecule has 1 rings (SSSR count). The van der Waals surface area contributed by atoms with Crippen LogP contribution < -0.4 is 4.74 Å². The zero-order chi connectivity index (χ0) is 14.3. The highest BCUT2D eigenvalue weighted by Gasteiger charge is 2.13. The standard InChI is InChI=1S/C14H15N3O2/c1-11(7-15)9-17(2)14(18)10-19-13-6-4-3-5-12(13)8-16/h3-6,11H,9-10H2,1-2H3. The normalized spacial score (nSPS) is 10.9. The van der Waals surface area contributed by atoms with E-state index < -0.39 is 0 Å². The van der Waals surface area contributed by atoms with E-state index in [9.17, 15) is 4.79 Å². The van der Waals surface area contributed by atoms with Gasteiger partial charge in [0.1, 0.15) is 11.8 Å². The molecule has 0 radical (unpaired) electrons. The van der Waals surface area contributed by atoms with Gasteiger partial charge in [0.25, 0.3) is 5.91 Å². The van der Waals surface area contributed by atoms with Crippen LogP contribution in [0.1, 0.15) is 12.5 Å². The van der Waals surface area contributed by atoms with Gasteiger partial charge in [-0.2, -0.15) is 10.5 Å². The lowest BCUT2D eigenvalue weighted by atomic mass is 10.2. The lowest BCUT2D eigenvalue weighted by molar-refractivity contribution is -0.132. The van der Waals surface area contributed by atoms with Gasteiger partial charge in [0.2, 0.25) is 0 Å². The molecular formula is C14H15N3O2. The van der Waals surface area contributed by atoms with Gasteiger partial charge in [0.05, 0.1) is 17.6 Å². The van der Waals surface area contributed by atoms with Crippen molar-refractivity contribution in [1.29, 1.82) is 10.5 Å². The van der Waals surface area contributed by atoms with E-state index >= 15 is 0 Å². The summed E-state index contributed by atoms with van der Waals surface area (Å²) < 4.78 is 5.33. The first-order valence-corrected chi connectivity index (χ1v) is 5.84. The van der Waals surface area contributed by atoms with Gasteiger partial charge < -0.3 is 9.64 Å². The van der Waals surface area contributed by atoms with Crippen molar-refractivity contribution < 1.29 is 9.53 Å². The Morgan fingerprint density at radius 2 is 2.11 bits per heavy atom. The molecule has 5 nitrogen and oxygen atoms in total. The van der Waals surface area contributed by atoms with Crippen molar-refractivity contribution in [2.24, 2.45) is 5.92 Å². The van der Waals surface area contributed by atoms with Gasteiger partial charge in [-0.25, -0.2) is 0 Å². The second kappa shape index (κ2) is 7.03. The van der Waals surface area contributed by atoms with Crippen LogP contribution in [0.25, 0.3) is 0 Å². The molecule has 19 heavy (non-hydrogen) atoms. The van der Waals surface area contributed by atoms with E-state index in [1.54, 1.807) is 38.2 Å². The average molecular weight is 257 g/mol. The molecular weight excluding hydrogens is 242 g/mol. The van der Waals surface area contributed by atoms with Crippen LogP contribution >= 0.6 is 0 Å². The summed E-state index contributed by atoms with van der Waals surface area (Å²) in [7, 11) is 1.62. The summed E-state index contributed by atoms with van der Waals surface area (Å²) in [4.78, 5) is 13.2. The molecule has 0 saturated carbocycles. The number of carbonyl (C=O) groups excluding carboxylic acids is 1. The molecule has 98 valence electrons. The van der Waals surface area contributed by atoms with E-state index in [-0.39, 0.29) is 18.4 Å². The van der Waals surface area contributed by atoms with Crippen molar-refractivity contribution in [1.82, 2.24) is 4.90 Å². The first kappa shape index (κ1) is 14.5. The quantitative estimate of drug-likeness (QED) is 0.802. The second-order valence-electron chi connectivity index (χ2n) is 4.20. The van der Waals surface area contributed by atoms with E-state index in [1.165, 1.54) is 4.90 Å². The molecule has 0 fully saturated rings. The van der Waals surface area contributed by atoms with Crippen LogP contribution in [0.2, 0.25) is 0 Å². The van der Waals surface area contributed by atoms with Gasteiger partial charge in [-0.3, -0.25) is 4.79 Å². The fourth-order valence-corrected chi connectivity index (χ4v) is 1.49. The van der Waals surface area contributed by atoms with E-state index in [0.29, 0.717) is 17.9 Å². The van der Waals surface area contributed by atoms with Gasteiger partial charge >= 0.3 is 0 Å². The van der Waals surface area contributed by atoms with Crippen LogP contribution in [-0.2, 0) is 4.79 Å². The lowest BCUT2D eigenvalue weighted by Gasteiger charge is -2.18. The fourth-order valence-electron chi connectivity index (χ4n) is 1.49. The average Bonchev–Trinajstić information content (AvgIpc) is 2.44. The summed E-state index contributed by atoms with van der Waals surface area (Å²) in [5, 5.41) is 17.6. The monoisotopic (exact) mass is 257 g/mol. The molecule has 1 amide bonds. The van der Waals surface area contributed by atoms with Crippen molar-refractivity contribution in [3.8, 4) is 17.9 Å². The van der Waals surface area contributed by atoms with Crippen molar-refractivity contribution in [2.45, 2.75) is 6.92 Å². The van der Waals surface area contributed by atoms with Crippen LogP contribution in [0.5, 0.6) is 5.75 Å². The van der Waals surface area contributed by atoms with Crippen LogP contribution in [0.3, 0.4) is 0 Å². The molecule has 0 aliphatic rings. The summed E-state index contributed by atoms with van der Waals surface area (Å²) in [5.74, 6) is -0.0599. The van der Waals surface area contributed by atoms with Gasteiger partial charge in [-0.05, 0) is 19.1 Å². The molecule has 0 aliphatic carbocycles. The highest BCUT2D eigenvalue weighted by Crippen LogP contribution is 2.16. The zero-order valence-corrected chi connectivity index (χ0v) is 11.0. The number of nitriles is 2. The third-order valence-corrected chi connectivity index (χ3v) is 2.55. The number of benzene rings is 1. The minimum atomic E-state index is -0.227. The maximum Gasteiger partial charge on any atom is 0.260 e. The van der Waals surface area contributed by atoms with Crippen LogP contribution in [-0.4, -0.2) is 31.0 Å². The summed E-state index contributed by atoms with van der Waals surface area (Å²) in [5.41, 5.74) is 0.392. The lowest BCUT2D eigenvalue weighted by Crippen LogP contribution is -2.34. The number of likely N-dealkylation sites (N-methyl/N-ethyl adjacent to an activating group) is 1. The number of carbonyl (C=O) groups is 1. The van der Waals surface area contributed by atoms with Gasteiger partial charge in [0.15, 0.2) is 6.61 Å². The molecule has 0 spiro atoms. The Hall–Kier alpha value is -2.53. The number of hydrogen-bond donors (Lipinski definition) is 0. The molecule has 0 bridgehead atoms. The summed E-state index contributed by atoms with van der Waals surface area (Å²) in [6.45, 7) is 1.96. The number of para-hydroxylation sites is 1. The number of amides is 1. The Balaban J connectivity index is 2.55. The molecule has 1 aromatic carbocycles. The molecule has 0 N–H and O–H groups in total. The molecule has 0 aromatic heterocycles. The number of ether oxygens (including phenoxy) is 1. The molecule has 0 heterocycles. The van der Waals surface area contributed by atoms with E-state index in [1.807, 2.05) is 6.07 Å². The summed E-state index contributed by atoms with van der Waals surface area (Å²) in [6.07, 6.45) is 0. The Labute approximate surface area is 112 Å². The van der Waals surface area contributed by atoms with E-state index in [4.69, 9.17) is 15.3 Å². The minimum absolute atomic E-state index is 0.145. The van der Waals surface area contributed by atoms with Crippen LogP contribution in [0.15, 0.2) is 24.3 Å². The maximum atomic E-state index is 11.8. The first-order chi connectivity index (χ1) is 9.08. The molecule has 1 aromatic rings. The van der Waals surface area contributed by atoms with Crippen LogP contribution in [0, 0.1) is 28.6 Å². The Morgan fingerprint density at radius 1 is 1.42 bits per heavy atom. The minimum Gasteiger partial charge on any atom is -0.482 e. The van der Waals surface area contributed by atoms with Crippen LogP contribution in [0.4, 0.5) is 0 Å². The highest BCUT2D eigenvalue weighted by atomic mass is 16.5. The Morgan fingerprint density at radius 3 is 2.74 bits per heavy atom. The second-order valence-corrected chi connectivity index (χ2v) is 4.20. The molecule has 5 heteroatoms. The molecule has 1 unspecified atom stereocenters. The SMILES string of the molecule is CC(C#N)CN(C)C(=O)COc1ccccc1C#N.